The lowest BCUT2D eigenvalue weighted by atomic mass is 10.0. The van der Waals surface area contributed by atoms with Crippen molar-refractivity contribution in [3.63, 3.8) is 0 Å². The first-order chi connectivity index (χ1) is 21.6. The topological polar surface area (TPSA) is 89.8 Å². The molecule has 3 atom stereocenters. The molecule has 0 aliphatic rings. The highest BCUT2D eigenvalue weighted by Crippen LogP contribution is 2.16. The van der Waals surface area contributed by atoms with Gasteiger partial charge in [0.1, 0.15) is 6.10 Å². The van der Waals surface area contributed by atoms with Crippen LogP contribution in [-0.2, 0) is 4.79 Å². The number of allylic oxidation sites excluding steroid dienone is 2. The van der Waals surface area contributed by atoms with Crippen molar-refractivity contribution in [1.29, 1.82) is 0 Å². The van der Waals surface area contributed by atoms with Crippen LogP contribution in [0.4, 0.5) is 0 Å². The van der Waals surface area contributed by atoms with Gasteiger partial charge in [0.2, 0.25) is 5.91 Å². The third-order valence-corrected chi connectivity index (χ3v) is 9.13. The Balaban J connectivity index is 3.66. The van der Waals surface area contributed by atoms with Gasteiger partial charge in [-0.15, -0.1) is 0 Å². The highest BCUT2D eigenvalue weighted by atomic mass is 16.3. The number of hydrogen-bond acceptors (Lipinski definition) is 4. The van der Waals surface area contributed by atoms with E-state index in [4.69, 9.17) is 0 Å². The molecule has 5 nitrogen and oxygen atoms in total. The van der Waals surface area contributed by atoms with E-state index in [1.807, 2.05) is 0 Å². The van der Waals surface area contributed by atoms with Crippen LogP contribution in [0.25, 0.3) is 0 Å². The van der Waals surface area contributed by atoms with Crippen LogP contribution in [0.1, 0.15) is 206 Å². The van der Waals surface area contributed by atoms with Gasteiger partial charge in [-0.2, -0.15) is 0 Å². The third-order valence-electron chi connectivity index (χ3n) is 9.13. The number of carbonyl (C=O) groups excluding carboxylic acids is 1. The van der Waals surface area contributed by atoms with Gasteiger partial charge in [0, 0.05) is 0 Å². The summed E-state index contributed by atoms with van der Waals surface area (Å²) < 4.78 is 0. The van der Waals surface area contributed by atoms with E-state index in [0.29, 0.717) is 12.8 Å². The number of amides is 1. The Morgan fingerprint density at radius 2 is 0.864 bits per heavy atom. The van der Waals surface area contributed by atoms with Crippen LogP contribution in [-0.4, -0.2) is 46.1 Å². The molecule has 0 saturated carbocycles. The summed E-state index contributed by atoms with van der Waals surface area (Å²) in [4.78, 5) is 12.4. The molecule has 1 amide bonds. The lowest BCUT2D eigenvalue weighted by Crippen LogP contribution is -2.49. The Hall–Kier alpha value is -0.910. The second-order valence-electron chi connectivity index (χ2n) is 13.5. The van der Waals surface area contributed by atoms with Gasteiger partial charge >= 0.3 is 0 Å². The molecule has 0 heterocycles. The molecule has 0 fully saturated rings. The fourth-order valence-corrected chi connectivity index (χ4v) is 6.01. The van der Waals surface area contributed by atoms with Crippen molar-refractivity contribution in [2.24, 2.45) is 0 Å². The summed E-state index contributed by atoms with van der Waals surface area (Å²) in [5.41, 5.74) is 0. The average Bonchev–Trinajstić information content (AvgIpc) is 3.03. The molecule has 44 heavy (non-hydrogen) atoms. The molecular formula is C39H77NO4. The number of nitrogens with one attached hydrogen (secondary N) is 1. The summed E-state index contributed by atoms with van der Waals surface area (Å²) >= 11 is 0. The van der Waals surface area contributed by atoms with Crippen molar-refractivity contribution in [3.8, 4) is 0 Å². The Morgan fingerprint density at radius 3 is 1.27 bits per heavy atom. The minimum absolute atomic E-state index is 0.313. The van der Waals surface area contributed by atoms with Gasteiger partial charge in [-0.3, -0.25) is 4.79 Å². The maximum absolute atomic E-state index is 12.4. The monoisotopic (exact) mass is 624 g/mol. The predicted molar refractivity (Wildman–Crippen MR) is 190 cm³/mol. The van der Waals surface area contributed by atoms with Crippen LogP contribution in [0.15, 0.2) is 12.2 Å². The van der Waals surface area contributed by atoms with Gasteiger partial charge in [-0.05, 0) is 38.5 Å². The summed E-state index contributed by atoms with van der Waals surface area (Å²) in [6, 6.07) is -0.709. The largest absolute Gasteiger partial charge is 0.394 e. The Labute approximate surface area is 274 Å². The number of rotatable bonds is 35. The average molecular weight is 624 g/mol. The summed E-state index contributed by atoms with van der Waals surface area (Å²) in [6.07, 6.45) is 39.1. The minimum Gasteiger partial charge on any atom is -0.394 e. The van der Waals surface area contributed by atoms with Crippen LogP contribution < -0.4 is 5.32 Å². The Kier molecular flexibility index (Phi) is 34.2. The molecule has 0 rings (SSSR count). The summed E-state index contributed by atoms with van der Waals surface area (Å²) in [5.74, 6) is -0.475. The predicted octanol–water partition coefficient (Wildman–Crippen LogP) is 10.5. The molecule has 0 aromatic rings. The van der Waals surface area contributed by atoms with Crippen molar-refractivity contribution in [3.05, 3.63) is 12.2 Å². The van der Waals surface area contributed by atoms with Gasteiger partial charge in [0.15, 0.2) is 0 Å². The quantitative estimate of drug-likeness (QED) is 0.0418. The highest BCUT2D eigenvalue weighted by molar-refractivity contribution is 5.80. The number of hydrogen-bond donors (Lipinski definition) is 4. The second-order valence-corrected chi connectivity index (χ2v) is 13.5. The summed E-state index contributed by atoms with van der Waals surface area (Å²) in [5, 5.41) is 33.2. The first-order valence-electron chi connectivity index (χ1n) is 19.5. The smallest absolute Gasteiger partial charge is 0.249 e. The molecule has 0 bridgehead atoms. The Bertz CT molecular complexity index is 611. The molecule has 0 aromatic heterocycles. The van der Waals surface area contributed by atoms with E-state index >= 15 is 0 Å². The van der Waals surface area contributed by atoms with E-state index in [1.54, 1.807) is 0 Å². The molecule has 0 aliphatic heterocycles. The van der Waals surface area contributed by atoms with Gasteiger partial charge in [0.25, 0.3) is 0 Å². The van der Waals surface area contributed by atoms with Gasteiger partial charge in [0.05, 0.1) is 18.8 Å². The number of aliphatic hydroxyl groups is 3. The second kappa shape index (κ2) is 35.0. The van der Waals surface area contributed by atoms with Gasteiger partial charge in [-0.25, -0.2) is 0 Å². The van der Waals surface area contributed by atoms with E-state index in [0.717, 1.165) is 32.1 Å². The van der Waals surface area contributed by atoms with Crippen molar-refractivity contribution in [1.82, 2.24) is 5.32 Å². The summed E-state index contributed by atoms with van der Waals surface area (Å²) in [7, 11) is 0. The fraction of sp³-hybridized carbons (Fsp3) is 0.923. The number of aliphatic hydroxyl groups excluding tert-OH is 3. The first kappa shape index (κ1) is 43.1. The van der Waals surface area contributed by atoms with Crippen LogP contribution in [0.3, 0.4) is 0 Å². The van der Waals surface area contributed by atoms with Crippen LogP contribution >= 0.6 is 0 Å². The zero-order valence-corrected chi connectivity index (χ0v) is 29.6. The van der Waals surface area contributed by atoms with E-state index in [1.165, 1.54) is 148 Å². The molecule has 262 valence electrons. The maximum atomic E-state index is 12.4. The van der Waals surface area contributed by atoms with Crippen LogP contribution in [0, 0.1) is 0 Å². The van der Waals surface area contributed by atoms with E-state index in [2.05, 4.69) is 31.3 Å². The van der Waals surface area contributed by atoms with Crippen molar-refractivity contribution in [2.75, 3.05) is 6.61 Å². The van der Waals surface area contributed by atoms with Gasteiger partial charge in [-0.1, -0.05) is 180 Å². The lowest BCUT2D eigenvalue weighted by molar-refractivity contribution is -0.131. The molecule has 0 aromatic carbocycles. The molecule has 0 spiro atoms. The van der Waals surface area contributed by atoms with Gasteiger partial charge < -0.3 is 20.6 Å². The zero-order valence-electron chi connectivity index (χ0n) is 29.6. The number of carbonyl (C=O) groups is 1. The van der Waals surface area contributed by atoms with E-state index in [-0.39, 0.29) is 6.61 Å². The number of unbranched alkanes of at least 4 members (excludes halogenated alkanes) is 25. The Morgan fingerprint density at radius 1 is 0.523 bits per heavy atom. The molecule has 3 unspecified atom stereocenters. The summed E-state index contributed by atoms with van der Waals surface area (Å²) in [6.45, 7) is 4.21. The van der Waals surface area contributed by atoms with Crippen LogP contribution in [0.5, 0.6) is 0 Å². The minimum atomic E-state index is -1.07. The fourth-order valence-electron chi connectivity index (χ4n) is 6.01. The zero-order chi connectivity index (χ0) is 32.4. The van der Waals surface area contributed by atoms with E-state index < -0.39 is 24.2 Å². The third kappa shape index (κ3) is 29.8. The van der Waals surface area contributed by atoms with Crippen molar-refractivity contribution < 1.29 is 20.1 Å². The molecule has 0 aliphatic carbocycles. The SMILES string of the molecule is CCCCCC/C=C\CCCCCCCCC(O)C(=O)NC(CO)C(O)CCCCCCCCCCCCCCCCCC. The highest BCUT2D eigenvalue weighted by Gasteiger charge is 2.23. The normalized spacial score (nSPS) is 13.8. The molecule has 0 radical (unpaired) electrons. The van der Waals surface area contributed by atoms with Crippen molar-refractivity contribution in [2.45, 2.75) is 225 Å². The maximum Gasteiger partial charge on any atom is 0.249 e. The first-order valence-corrected chi connectivity index (χ1v) is 19.5. The molecule has 5 heteroatoms. The van der Waals surface area contributed by atoms with E-state index in [9.17, 15) is 20.1 Å². The lowest BCUT2D eigenvalue weighted by Gasteiger charge is -2.23. The molecule has 0 saturated heterocycles. The molecule has 4 N–H and O–H groups in total. The molecular weight excluding hydrogens is 546 g/mol. The van der Waals surface area contributed by atoms with Crippen LogP contribution in [0.2, 0.25) is 0 Å². The standard InChI is InChI=1S/C39H77NO4/c1-3-5-7-9-11-13-15-17-19-20-22-23-25-27-29-31-33-37(42)36(35-41)40-39(44)38(43)34-32-30-28-26-24-21-18-16-14-12-10-8-6-4-2/h14,16,36-38,41-43H,3-13,15,17-35H2,1-2H3,(H,40,44)/b16-14-. The van der Waals surface area contributed by atoms with Crippen molar-refractivity contribution >= 4 is 5.91 Å².